The number of tetrazole rings is 1. The summed E-state index contributed by atoms with van der Waals surface area (Å²) in [4.78, 5) is 21.1. The highest BCUT2D eigenvalue weighted by atomic mass is 16.5. The van der Waals surface area contributed by atoms with Gasteiger partial charge in [-0.1, -0.05) is 5.16 Å². The first-order chi connectivity index (χ1) is 12.8. The standard InChI is InChI=1S/C16H22N8O2/c25-14(9-24-10-17-20-21-24)23-7-12(8-23)15-18-16(26-19-15)13-2-1-5-22(13)6-11-3-4-11/h10-13H,1-9H2. The van der Waals surface area contributed by atoms with Crippen LogP contribution in [-0.2, 0) is 11.3 Å². The molecular formula is C16H22N8O2. The number of amides is 1. The van der Waals surface area contributed by atoms with Gasteiger partial charge in [0.05, 0.1) is 12.0 Å². The van der Waals surface area contributed by atoms with Gasteiger partial charge < -0.3 is 9.42 Å². The molecule has 0 N–H and O–H groups in total. The highest BCUT2D eigenvalue weighted by Crippen LogP contribution is 2.37. The van der Waals surface area contributed by atoms with E-state index in [0.29, 0.717) is 13.1 Å². The Hall–Kier alpha value is -2.36. The molecule has 1 amide bonds. The van der Waals surface area contributed by atoms with Gasteiger partial charge >= 0.3 is 0 Å². The van der Waals surface area contributed by atoms with E-state index >= 15 is 0 Å². The van der Waals surface area contributed by atoms with Crippen LogP contribution in [0.1, 0.15) is 49.4 Å². The van der Waals surface area contributed by atoms with Crippen LogP contribution in [0, 0.1) is 5.92 Å². The Morgan fingerprint density at radius 3 is 2.92 bits per heavy atom. The molecule has 4 heterocycles. The summed E-state index contributed by atoms with van der Waals surface area (Å²) in [7, 11) is 0. The second-order valence-electron chi connectivity index (χ2n) is 7.59. The van der Waals surface area contributed by atoms with Crippen LogP contribution in [0.4, 0.5) is 0 Å². The number of nitrogens with zero attached hydrogens (tertiary/aromatic N) is 8. The Morgan fingerprint density at radius 1 is 1.27 bits per heavy atom. The summed E-state index contributed by atoms with van der Waals surface area (Å²) in [6.07, 6.45) is 6.44. The zero-order valence-electron chi connectivity index (χ0n) is 14.6. The fourth-order valence-corrected chi connectivity index (χ4v) is 3.84. The zero-order chi connectivity index (χ0) is 17.5. The Bertz CT molecular complexity index is 765. The molecule has 0 bridgehead atoms. The molecule has 1 aliphatic carbocycles. The van der Waals surface area contributed by atoms with Gasteiger partial charge in [0, 0.05) is 19.6 Å². The minimum Gasteiger partial charge on any atom is -0.339 e. The predicted molar refractivity (Wildman–Crippen MR) is 87.7 cm³/mol. The van der Waals surface area contributed by atoms with E-state index < -0.39 is 0 Å². The van der Waals surface area contributed by atoms with E-state index in [4.69, 9.17) is 4.52 Å². The van der Waals surface area contributed by atoms with Crippen molar-refractivity contribution in [3.63, 3.8) is 0 Å². The van der Waals surface area contributed by atoms with Crippen molar-refractivity contribution in [2.24, 2.45) is 5.92 Å². The summed E-state index contributed by atoms with van der Waals surface area (Å²) < 4.78 is 7.01. The first kappa shape index (κ1) is 15.9. The number of hydrogen-bond acceptors (Lipinski definition) is 8. The number of carbonyl (C=O) groups excluding carboxylic acids is 1. The van der Waals surface area contributed by atoms with Crippen LogP contribution in [0.2, 0.25) is 0 Å². The SMILES string of the molecule is O=C(Cn1cnnn1)N1CC(c2noc(C3CCCN3CC3CC3)n2)C1. The summed E-state index contributed by atoms with van der Waals surface area (Å²) >= 11 is 0. The molecule has 26 heavy (non-hydrogen) atoms. The topological polar surface area (TPSA) is 106 Å². The fraction of sp³-hybridized carbons (Fsp3) is 0.750. The van der Waals surface area contributed by atoms with Crippen LogP contribution in [0.25, 0.3) is 0 Å². The number of hydrogen-bond donors (Lipinski definition) is 0. The van der Waals surface area contributed by atoms with Crippen molar-refractivity contribution in [1.82, 2.24) is 40.1 Å². The number of aromatic nitrogens is 6. The average molecular weight is 358 g/mol. The maximum Gasteiger partial charge on any atom is 0.244 e. The normalized spacial score (nSPS) is 24.2. The van der Waals surface area contributed by atoms with Gasteiger partial charge in [-0.05, 0) is 48.6 Å². The molecule has 2 aromatic rings. The van der Waals surface area contributed by atoms with Gasteiger partial charge in [0.25, 0.3) is 0 Å². The molecule has 5 rings (SSSR count). The lowest BCUT2D eigenvalue weighted by Crippen LogP contribution is -2.50. The summed E-state index contributed by atoms with van der Waals surface area (Å²) in [6, 6.07) is 0.273. The van der Waals surface area contributed by atoms with E-state index in [2.05, 4.69) is 30.6 Å². The van der Waals surface area contributed by atoms with E-state index in [9.17, 15) is 4.79 Å². The van der Waals surface area contributed by atoms with Crippen molar-refractivity contribution < 1.29 is 9.32 Å². The zero-order valence-corrected chi connectivity index (χ0v) is 14.6. The molecule has 1 saturated carbocycles. The largest absolute Gasteiger partial charge is 0.339 e. The molecule has 1 unspecified atom stereocenters. The Kier molecular flexibility index (Phi) is 3.92. The second-order valence-corrected chi connectivity index (χ2v) is 7.59. The van der Waals surface area contributed by atoms with Gasteiger partial charge in [0.15, 0.2) is 5.82 Å². The molecule has 2 saturated heterocycles. The van der Waals surface area contributed by atoms with Crippen LogP contribution in [-0.4, -0.2) is 72.2 Å². The van der Waals surface area contributed by atoms with Crippen molar-refractivity contribution in [1.29, 1.82) is 0 Å². The molecule has 0 spiro atoms. The Morgan fingerprint density at radius 2 is 2.15 bits per heavy atom. The van der Waals surface area contributed by atoms with Gasteiger partial charge in [-0.2, -0.15) is 4.98 Å². The average Bonchev–Trinajstić information content (AvgIpc) is 2.99. The van der Waals surface area contributed by atoms with Gasteiger partial charge in [0.2, 0.25) is 11.8 Å². The van der Waals surface area contributed by atoms with Crippen molar-refractivity contribution >= 4 is 5.91 Å². The van der Waals surface area contributed by atoms with Gasteiger partial charge in [0.1, 0.15) is 12.9 Å². The molecule has 2 aromatic heterocycles. The van der Waals surface area contributed by atoms with Crippen LogP contribution >= 0.6 is 0 Å². The number of likely N-dealkylation sites (tertiary alicyclic amines) is 2. The molecule has 10 heteroatoms. The molecule has 2 aliphatic heterocycles. The van der Waals surface area contributed by atoms with Crippen molar-refractivity contribution in [2.75, 3.05) is 26.2 Å². The molecule has 0 aromatic carbocycles. The highest BCUT2D eigenvalue weighted by Gasteiger charge is 2.38. The van der Waals surface area contributed by atoms with E-state index in [1.807, 2.05) is 0 Å². The molecule has 0 radical (unpaired) electrons. The molecule has 1 atom stereocenters. The molecule has 3 fully saturated rings. The quantitative estimate of drug-likeness (QED) is 0.722. The predicted octanol–water partition coefficient (Wildman–Crippen LogP) is 0.229. The lowest BCUT2D eigenvalue weighted by atomic mass is 9.99. The van der Waals surface area contributed by atoms with Crippen LogP contribution in [0.3, 0.4) is 0 Å². The third-order valence-electron chi connectivity index (χ3n) is 5.58. The van der Waals surface area contributed by atoms with Crippen molar-refractivity contribution in [3.8, 4) is 0 Å². The summed E-state index contributed by atoms with van der Waals surface area (Å²) in [5, 5.41) is 15.0. The van der Waals surface area contributed by atoms with Gasteiger partial charge in [-0.3, -0.25) is 9.69 Å². The molecule has 138 valence electrons. The third kappa shape index (κ3) is 3.09. The van der Waals surface area contributed by atoms with Crippen LogP contribution < -0.4 is 0 Å². The number of rotatable bonds is 6. The second kappa shape index (κ2) is 6.42. The number of carbonyl (C=O) groups is 1. The summed E-state index contributed by atoms with van der Waals surface area (Å²) in [6.45, 7) is 3.69. The van der Waals surface area contributed by atoms with Crippen molar-refractivity contribution in [2.45, 2.75) is 44.2 Å². The third-order valence-corrected chi connectivity index (χ3v) is 5.58. The Balaban J connectivity index is 1.17. The van der Waals surface area contributed by atoms with E-state index in [1.54, 1.807) is 4.90 Å². The highest BCUT2D eigenvalue weighted by molar-refractivity contribution is 5.76. The molecule has 3 aliphatic rings. The van der Waals surface area contributed by atoms with Gasteiger partial charge in [-0.25, -0.2) is 4.68 Å². The van der Waals surface area contributed by atoms with Crippen LogP contribution in [0.15, 0.2) is 10.9 Å². The van der Waals surface area contributed by atoms with Gasteiger partial charge in [-0.15, -0.1) is 5.10 Å². The lowest BCUT2D eigenvalue weighted by molar-refractivity contribution is -0.136. The van der Waals surface area contributed by atoms with E-state index in [0.717, 1.165) is 37.1 Å². The monoisotopic (exact) mass is 358 g/mol. The summed E-state index contributed by atoms with van der Waals surface area (Å²) in [5.41, 5.74) is 0. The van der Waals surface area contributed by atoms with Crippen molar-refractivity contribution in [3.05, 3.63) is 18.0 Å². The van der Waals surface area contributed by atoms with E-state index in [-0.39, 0.29) is 24.4 Å². The smallest absolute Gasteiger partial charge is 0.244 e. The van der Waals surface area contributed by atoms with Crippen LogP contribution in [0.5, 0.6) is 0 Å². The lowest BCUT2D eigenvalue weighted by Gasteiger charge is -2.37. The summed E-state index contributed by atoms with van der Waals surface area (Å²) in [5.74, 6) is 2.50. The fourth-order valence-electron chi connectivity index (χ4n) is 3.84. The molecular weight excluding hydrogens is 336 g/mol. The maximum atomic E-state index is 12.2. The first-order valence-corrected chi connectivity index (χ1v) is 9.32. The minimum atomic E-state index is 0.00340. The molecule has 10 nitrogen and oxygen atoms in total. The maximum absolute atomic E-state index is 12.2. The minimum absolute atomic E-state index is 0.00340. The Labute approximate surface area is 150 Å². The van der Waals surface area contributed by atoms with E-state index in [1.165, 1.54) is 30.3 Å². The first-order valence-electron chi connectivity index (χ1n) is 9.32.